The standard InChI is InChI=1S/C23H30N4O4/c1-15-13-27(16(2)14-28)22(29)19-11-18(9-10-20(19)31-21(15)12-24-3)26-23(30)25-17-7-5-4-6-8-17/h4-11,15-16,21,24,28H,12-14H2,1-3H3,(H2,25,26,30)/t15-,16+,21-/m0/s1. The second kappa shape index (κ2) is 10.3. The second-order valence-corrected chi connectivity index (χ2v) is 7.84. The average Bonchev–Trinajstić information content (AvgIpc) is 2.76. The van der Waals surface area contributed by atoms with Crippen molar-refractivity contribution in [2.75, 3.05) is 37.4 Å². The molecule has 4 N–H and O–H groups in total. The first-order chi connectivity index (χ1) is 14.9. The number of nitrogens with zero attached hydrogens (tertiary/aromatic N) is 1. The SMILES string of the molecule is CNC[C@@H]1Oc2ccc(NC(=O)Nc3ccccc3)cc2C(=O)N([C@H](C)CO)C[C@@H]1C. The van der Waals surface area contributed by atoms with Gasteiger partial charge in [-0.2, -0.15) is 0 Å². The van der Waals surface area contributed by atoms with Crippen LogP contribution in [0.3, 0.4) is 0 Å². The Hall–Kier alpha value is -3.10. The molecule has 2 aromatic carbocycles. The van der Waals surface area contributed by atoms with E-state index in [4.69, 9.17) is 4.74 Å². The number of carbonyl (C=O) groups is 2. The van der Waals surface area contributed by atoms with Crippen LogP contribution >= 0.6 is 0 Å². The Morgan fingerprint density at radius 1 is 1.19 bits per heavy atom. The lowest BCUT2D eigenvalue weighted by molar-refractivity contribution is 0.0416. The first kappa shape index (κ1) is 22.6. The second-order valence-electron chi connectivity index (χ2n) is 7.84. The summed E-state index contributed by atoms with van der Waals surface area (Å²) < 4.78 is 6.18. The summed E-state index contributed by atoms with van der Waals surface area (Å²) in [5, 5.41) is 18.3. The van der Waals surface area contributed by atoms with Gasteiger partial charge in [0.25, 0.3) is 5.91 Å². The monoisotopic (exact) mass is 426 g/mol. The lowest BCUT2D eigenvalue weighted by Gasteiger charge is -2.37. The molecule has 8 heteroatoms. The van der Waals surface area contributed by atoms with Crippen molar-refractivity contribution in [1.82, 2.24) is 10.2 Å². The lowest BCUT2D eigenvalue weighted by Crippen LogP contribution is -2.49. The Morgan fingerprint density at radius 3 is 2.58 bits per heavy atom. The van der Waals surface area contributed by atoms with Crippen LogP contribution in [-0.4, -0.2) is 60.8 Å². The fourth-order valence-electron chi connectivity index (χ4n) is 3.56. The van der Waals surface area contributed by atoms with E-state index >= 15 is 0 Å². The van der Waals surface area contributed by atoms with Gasteiger partial charge in [0.15, 0.2) is 0 Å². The number of aliphatic hydroxyl groups excluding tert-OH is 1. The number of aliphatic hydroxyl groups is 1. The number of nitrogens with one attached hydrogen (secondary N) is 3. The summed E-state index contributed by atoms with van der Waals surface area (Å²) in [7, 11) is 1.85. The maximum atomic E-state index is 13.3. The molecule has 1 heterocycles. The summed E-state index contributed by atoms with van der Waals surface area (Å²) in [4.78, 5) is 27.4. The van der Waals surface area contributed by atoms with Gasteiger partial charge in [-0.05, 0) is 44.3 Å². The van der Waals surface area contributed by atoms with Gasteiger partial charge in [-0.15, -0.1) is 0 Å². The molecule has 0 spiro atoms. The number of fused-ring (bicyclic) bond motifs is 1. The summed E-state index contributed by atoms with van der Waals surface area (Å²) in [6.45, 7) is 4.79. The molecule has 1 aliphatic heterocycles. The van der Waals surface area contributed by atoms with E-state index in [1.807, 2.05) is 39.1 Å². The van der Waals surface area contributed by atoms with Crippen molar-refractivity contribution in [2.45, 2.75) is 26.0 Å². The van der Waals surface area contributed by atoms with Crippen molar-refractivity contribution in [1.29, 1.82) is 0 Å². The summed E-state index contributed by atoms with van der Waals surface area (Å²) in [5.74, 6) is 0.285. The van der Waals surface area contributed by atoms with E-state index in [2.05, 4.69) is 16.0 Å². The van der Waals surface area contributed by atoms with Crippen molar-refractivity contribution in [2.24, 2.45) is 5.92 Å². The van der Waals surface area contributed by atoms with E-state index in [1.165, 1.54) is 0 Å². The first-order valence-corrected chi connectivity index (χ1v) is 10.4. The Morgan fingerprint density at radius 2 is 1.90 bits per heavy atom. The van der Waals surface area contributed by atoms with Crippen LogP contribution in [0, 0.1) is 5.92 Å². The van der Waals surface area contributed by atoms with Gasteiger partial charge in [-0.25, -0.2) is 4.79 Å². The van der Waals surface area contributed by atoms with Crippen molar-refractivity contribution in [3.05, 3.63) is 54.1 Å². The highest BCUT2D eigenvalue weighted by molar-refractivity contribution is 6.02. The topological polar surface area (TPSA) is 103 Å². The summed E-state index contributed by atoms with van der Waals surface area (Å²) in [5.41, 5.74) is 1.49. The molecule has 0 radical (unpaired) electrons. The van der Waals surface area contributed by atoms with Crippen molar-refractivity contribution in [3.8, 4) is 5.75 Å². The fraction of sp³-hybridized carbons (Fsp3) is 0.391. The number of carbonyl (C=O) groups excluding carboxylic acids is 2. The molecule has 0 fully saturated rings. The van der Waals surface area contributed by atoms with Crippen molar-refractivity contribution in [3.63, 3.8) is 0 Å². The van der Waals surface area contributed by atoms with E-state index in [9.17, 15) is 14.7 Å². The minimum absolute atomic E-state index is 0.0630. The summed E-state index contributed by atoms with van der Waals surface area (Å²) in [6.07, 6.45) is -0.148. The highest BCUT2D eigenvalue weighted by Crippen LogP contribution is 2.30. The number of ether oxygens (including phenoxy) is 1. The minimum Gasteiger partial charge on any atom is -0.488 e. The molecule has 8 nitrogen and oxygen atoms in total. The van der Waals surface area contributed by atoms with Crippen LogP contribution in [0.5, 0.6) is 5.75 Å². The third-order valence-corrected chi connectivity index (χ3v) is 5.36. The van der Waals surface area contributed by atoms with Crippen LogP contribution in [0.1, 0.15) is 24.2 Å². The molecule has 0 saturated carbocycles. The summed E-state index contributed by atoms with van der Waals surface area (Å²) >= 11 is 0. The van der Waals surface area contributed by atoms with Gasteiger partial charge in [-0.3, -0.25) is 4.79 Å². The molecule has 0 saturated heterocycles. The van der Waals surface area contributed by atoms with E-state index in [-0.39, 0.29) is 30.6 Å². The molecule has 3 atom stereocenters. The van der Waals surface area contributed by atoms with Crippen LogP contribution in [-0.2, 0) is 0 Å². The molecule has 0 aromatic heterocycles. The predicted octanol–water partition coefficient (Wildman–Crippen LogP) is 2.77. The Kier molecular flexibility index (Phi) is 7.49. The number of amides is 3. The number of likely N-dealkylation sites (N-methyl/N-ethyl adjacent to an activating group) is 1. The molecule has 0 unspecified atom stereocenters. The molecule has 0 aliphatic carbocycles. The highest BCUT2D eigenvalue weighted by Gasteiger charge is 2.32. The van der Waals surface area contributed by atoms with Crippen LogP contribution < -0.4 is 20.7 Å². The molecule has 2 aromatic rings. The van der Waals surface area contributed by atoms with Gasteiger partial charge in [0, 0.05) is 30.4 Å². The van der Waals surface area contributed by atoms with Crippen LogP contribution in [0.25, 0.3) is 0 Å². The summed E-state index contributed by atoms with van der Waals surface area (Å²) in [6, 6.07) is 13.4. The zero-order chi connectivity index (χ0) is 22.4. The molecule has 3 rings (SSSR count). The smallest absolute Gasteiger partial charge is 0.323 e. The van der Waals surface area contributed by atoms with E-state index in [0.717, 1.165) is 0 Å². The molecule has 1 aliphatic rings. The number of urea groups is 1. The Balaban J connectivity index is 1.87. The van der Waals surface area contributed by atoms with Gasteiger partial charge < -0.3 is 30.7 Å². The van der Waals surface area contributed by atoms with Gasteiger partial charge in [0.2, 0.25) is 0 Å². The zero-order valence-corrected chi connectivity index (χ0v) is 18.1. The molecular weight excluding hydrogens is 396 g/mol. The fourth-order valence-corrected chi connectivity index (χ4v) is 3.56. The van der Waals surface area contributed by atoms with Gasteiger partial charge in [0.1, 0.15) is 11.9 Å². The average molecular weight is 427 g/mol. The molecule has 31 heavy (non-hydrogen) atoms. The van der Waals surface area contributed by atoms with E-state index in [1.54, 1.807) is 35.2 Å². The van der Waals surface area contributed by atoms with Gasteiger partial charge in [0.05, 0.1) is 18.2 Å². The number of para-hydroxylation sites is 1. The normalized spacial score (nSPS) is 19.5. The number of anilines is 2. The highest BCUT2D eigenvalue weighted by atomic mass is 16.5. The number of hydrogen-bond acceptors (Lipinski definition) is 5. The number of benzene rings is 2. The molecular formula is C23H30N4O4. The van der Waals surface area contributed by atoms with Crippen LogP contribution in [0.2, 0.25) is 0 Å². The van der Waals surface area contributed by atoms with E-state index < -0.39 is 6.03 Å². The number of hydrogen-bond donors (Lipinski definition) is 4. The van der Waals surface area contributed by atoms with Gasteiger partial charge in [-0.1, -0.05) is 25.1 Å². The molecule has 166 valence electrons. The maximum absolute atomic E-state index is 13.3. The molecule has 3 amide bonds. The minimum atomic E-state index is -0.410. The first-order valence-electron chi connectivity index (χ1n) is 10.4. The lowest BCUT2D eigenvalue weighted by atomic mass is 9.99. The third kappa shape index (κ3) is 5.53. The number of rotatable bonds is 6. The zero-order valence-electron chi connectivity index (χ0n) is 18.1. The van der Waals surface area contributed by atoms with Gasteiger partial charge >= 0.3 is 6.03 Å². The third-order valence-electron chi connectivity index (χ3n) is 5.36. The van der Waals surface area contributed by atoms with Crippen LogP contribution in [0.15, 0.2) is 48.5 Å². The quantitative estimate of drug-likeness (QED) is 0.569. The molecule has 0 bridgehead atoms. The van der Waals surface area contributed by atoms with Crippen LogP contribution in [0.4, 0.5) is 16.2 Å². The Bertz CT molecular complexity index is 906. The van der Waals surface area contributed by atoms with Crippen molar-refractivity contribution >= 4 is 23.3 Å². The van der Waals surface area contributed by atoms with Crippen molar-refractivity contribution < 1.29 is 19.4 Å². The Labute approximate surface area is 182 Å². The largest absolute Gasteiger partial charge is 0.488 e. The maximum Gasteiger partial charge on any atom is 0.323 e. The van der Waals surface area contributed by atoms with E-state index in [0.29, 0.717) is 35.8 Å². The predicted molar refractivity (Wildman–Crippen MR) is 121 cm³/mol.